The molecule has 0 saturated heterocycles. The van der Waals surface area contributed by atoms with Crippen molar-refractivity contribution in [1.29, 1.82) is 0 Å². The molecule has 0 aliphatic carbocycles. The van der Waals surface area contributed by atoms with Crippen LogP contribution in [0, 0.1) is 20.8 Å². The molecule has 3 rings (SSSR count). The van der Waals surface area contributed by atoms with E-state index in [-0.39, 0.29) is 36.9 Å². The van der Waals surface area contributed by atoms with Crippen LogP contribution in [-0.2, 0) is 14.2 Å². The average Bonchev–Trinajstić information content (AvgIpc) is 3.47. The van der Waals surface area contributed by atoms with Gasteiger partial charge in [0.1, 0.15) is 0 Å². The third-order valence-electron chi connectivity index (χ3n) is 4.88. The maximum atomic E-state index is 12.3. The van der Waals surface area contributed by atoms with Gasteiger partial charge >= 0.3 is 17.9 Å². The second-order valence-corrected chi connectivity index (χ2v) is 7.35. The zero-order chi connectivity index (χ0) is 25.0. The normalized spacial score (nSPS) is 11.0. The highest BCUT2D eigenvalue weighted by molar-refractivity contribution is 6.53. The summed E-state index contributed by atoms with van der Waals surface area (Å²) in [5.74, 6) is -1.72. The van der Waals surface area contributed by atoms with Gasteiger partial charge in [-0.15, -0.1) is 0 Å². The number of hydrogen-bond acceptors (Lipinski definition) is 9. The van der Waals surface area contributed by atoms with Crippen molar-refractivity contribution in [3.63, 3.8) is 0 Å². The number of ether oxygens (including phenoxy) is 3. The Balaban J connectivity index is 2.18. The van der Waals surface area contributed by atoms with Crippen LogP contribution in [-0.4, -0.2) is 73.9 Å². The van der Waals surface area contributed by atoms with Gasteiger partial charge in [0, 0.05) is 0 Å². The molecule has 13 heteroatoms. The average molecular weight is 470 g/mol. The summed E-state index contributed by atoms with van der Waals surface area (Å²) in [6, 6.07) is 4.75. The lowest BCUT2D eigenvalue weighted by Gasteiger charge is -2.33. The van der Waals surface area contributed by atoms with Crippen LogP contribution in [0.2, 0.25) is 0 Å². The summed E-state index contributed by atoms with van der Waals surface area (Å²) in [5.41, 5.74) is 2.13. The van der Waals surface area contributed by atoms with Gasteiger partial charge in [-0.1, -0.05) is 0 Å². The van der Waals surface area contributed by atoms with Crippen molar-refractivity contribution in [2.24, 2.45) is 0 Å². The molecule has 0 unspecified atom stereocenters. The van der Waals surface area contributed by atoms with Gasteiger partial charge in [0.2, 0.25) is 0 Å². The number of carbonyl (C=O) groups excluding carboxylic acids is 3. The van der Waals surface area contributed by atoms with E-state index in [2.05, 4.69) is 15.3 Å². The standard InChI is InChI=1S/C21H27BN6O6/c1-7-32-19(29)16-10-13(4)26(23-16)22(27-14(5)11-17(24-27)20(30)33-8-2)28-15(6)12-18(25-28)21(31)34-9-3/h10-12H,7-9H2,1-6H3/q-1. The first-order valence-electron chi connectivity index (χ1n) is 10.9. The number of carbonyl (C=O) groups is 3. The quantitative estimate of drug-likeness (QED) is 0.260. The summed E-state index contributed by atoms with van der Waals surface area (Å²) in [6.45, 7) is 11.0. The third kappa shape index (κ3) is 4.87. The van der Waals surface area contributed by atoms with Crippen LogP contribution in [0.15, 0.2) is 18.2 Å². The molecule has 181 valence electrons. The van der Waals surface area contributed by atoms with Crippen LogP contribution >= 0.6 is 0 Å². The van der Waals surface area contributed by atoms with Crippen LogP contribution in [0.25, 0.3) is 0 Å². The Kier molecular flexibility index (Phi) is 7.54. The zero-order valence-electron chi connectivity index (χ0n) is 20.1. The smallest absolute Gasteiger partial charge is 0.358 e. The van der Waals surface area contributed by atoms with Crippen LogP contribution in [0.3, 0.4) is 0 Å². The van der Waals surface area contributed by atoms with Crippen molar-refractivity contribution in [2.45, 2.75) is 41.5 Å². The lowest BCUT2D eigenvalue weighted by atomic mass is 9.93. The van der Waals surface area contributed by atoms with Gasteiger partial charge in [0.15, 0.2) is 17.1 Å². The van der Waals surface area contributed by atoms with Gasteiger partial charge in [-0.3, -0.25) is 0 Å². The Hall–Kier alpha value is -3.90. The fraction of sp³-hybridized carbons (Fsp3) is 0.429. The summed E-state index contributed by atoms with van der Waals surface area (Å²) in [7, 11) is -0.880. The summed E-state index contributed by atoms with van der Waals surface area (Å²) in [5, 5.41) is 13.3. The number of esters is 3. The first-order chi connectivity index (χ1) is 16.2. The number of aryl methyl sites for hydroxylation is 3. The second kappa shape index (κ2) is 10.4. The molecule has 1 radical (unpaired) electrons. The van der Waals surface area contributed by atoms with E-state index < -0.39 is 25.0 Å². The number of hydrogen-bond donors (Lipinski definition) is 0. The zero-order valence-corrected chi connectivity index (χ0v) is 20.1. The molecule has 0 spiro atoms. The Morgan fingerprint density at radius 3 is 1.15 bits per heavy atom. The van der Waals surface area contributed by atoms with Gasteiger partial charge < -0.3 is 28.0 Å². The minimum Gasteiger partial charge on any atom is -0.461 e. The highest BCUT2D eigenvalue weighted by Crippen LogP contribution is 2.15. The van der Waals surface area contributed by atoms with Crippen molar-refractivity contribution in [2.75, 3.05) is 19.8 Å². The molecule has 3 aromatic heterocycles. The summed E-state index contributed by atoms with van der Waals surface area (Å²) in [4.78, 5) is 36.9. The van der Waals surface area contributed by atoms with E-state index in [0.717, 1.165) is 0 Å². The summed E-state index contributed by atoms with van der Waals surface area (Å²) in [6.07, 6.45) is 0. The molecule has 0 aromatic carbocycles. The van der Waals surface area contributed by atoms with E-state index in [1.807, 2.05) is 0 Å². The van der Waals surface area contributed by atoms with Crippen molar-refractivity contribution in [3.05, 3.63) is 52.4 Å². The molecule has 0 amide bonds. The summed E-state index contributed by atoms with van der Waals surface area (Å²) < 4.78 is 19.8. The minimum atomic E-state index is -0.880. The van der Waals surface area contributed by atoms with E-state index in [0.29, 0.717) is 17.1 Å². The molecule has 0 aliphatic rings. The Bertz CT molecular complexity index is 1060. The predicted octanol–water partition coefficient (Wildman–Crippen LogP) is 1.66. The minimum absolute atomic E-state index is 0.107. The van der Waals surface area contributed by atoms with Gasteiger partial charge in [-0.25, -0.2) is 29.7 Å². The van der Waals surface area contributed by atoms with E-state index >= 15 is 0 Å². The van der Waals surface area contributed by atoms with Gasteiger partial charge in [0.05, 0.1) is 19.8 Å². The lowest BCUT2D eigenvalue weighted by Crippen LogP contribution is -2.46. The Morgan fingerprint density at radius 2 is 0.912 bits per heavy atom. The number of nitrogens with zero attached hydrogens (tertiary/aromatic N) is 6. The molecule has 0 atom stereocenters. The van der Waals surface area contributed by atoms with Crippen molar-refractivity contribution in [3.8, 4) is 0 Å². The van der Waals surface area contributed by atoms with Crippen LogP contribution in [0.5, 0.6) is 0 Å². The van der Waals surface area contributed by atoms with Crippen LogP contribution in [0.1, 0.15) is 69.3 Å². The number of rotatable bonds is 9. The predicted molar refractivity (Wildman–Crippen MR) is 121 cm³/mol. The van der Waals surface area contributed by atoms with E-state index in [1.165, 1.54) is 13.8 Å². The van der Waals surface area contributed by atoms with E-state index in [1.54, 1.807) is 59.7 Å². The number of aromatic nitrogens is 6. The topological polar surface area (TPSA) is 132 Å². The molecule has 0 N–H and O–H groups in total. The maximum absolute atomic E-state index is 12.3. The third-order valence-corrected chi connectivity index (χ3v) is 4.88. The monoisotopic (exact) mass is 470 g/mol. The van der Waals surface area contributed by atoms with Crippen molar-refractivity contribution in [1.82, 2.24) is 29.1 Å². The highest BCUT2D eigenvalue weighted by atomic mass is 16.5. The van der Waals surface area contributed by atoms with Crippen LogP contribution in [0.4, 0.5) is 0 Å². The molecular weight excluding hydrogens is 443 g/mol. The largest absolute Gasteiger partial charge is 0.461 e. The van der Waals surface area contributed by atoms with Crippen molar-refractivity contribution < 1.29 is 28.6 Å². The molecular formula is C21H27BN6O6-. The van der Waals surface area contributed by atoms with Gasteiger partial charge in [-0.05, 0) is 76.8 Å². The first-order valence-corrected chi connectivity index (χ1v) is 10.9. The second-order valence-electron chi connectivity index (χ2n) is 7.35. The molecule has 0 bridgehead atoms. The highest BCUT2D eigenvalue weighted by Gasteiger charge is 2.23. The fourth-order valence-electron chi connectivity index (χ4n) is 3.39. The molecule has 12 nitrogen and oxygen atoms in total. The SMILES string of the molecule is CCOC(=O)c1cc(C)n([B-](n2nc(C(=O)OCC)cc2C)n2nc(C(=O)OCC)cc2C)n1. The summed E-state index contributed by atoms with van der Waals surface area (Å²) >= 11 is 0. The fourth-order valence-corrected chi connectivity index (χ4v) is 3.39. The van der Waals surface area contributed by atoms with E-state index in [4.69, 9.17) is 14.2 Å². The lowest BCUT2D eigenvalue weighted by molar-refractivity contribution is 0.0510. The van der Waals surface area contributed by atoms with Gasteiger partial charge in [-0.2, -0.15) is 0 Å². The molecule has 0 saturated carbocycles. The Morgan fingerprint density at radius 1 is 0.647 bits per heavy atom. The molecule has 0 fully saturated rings. The molecule has 3 heterocycles. The molecule has 3 aromatic rings. The van der Waals surface area contributed by atoms with Crippen LogP contribution < -0.4 is 0 Å². The first kappa shape index (κ1) is 24.7. The van der Waals surface area contributed by atoms with Crippen molar-refractivity contribution >= 4 is 25.0 Å². The van der Waals surface area contributed by atoms with Gasteiger partial charge in [0.25, 0.3) is 7.12 Å². The van der Waals surface area contributed by atoms with E-state index in [9.17, 15) is 14.4 Å². The molecule has 34 heavy (non-hydrogen) atoms. The maximum Gasteiger partial charge on any atom is 0.358 e. The molecule has 0 aliphatic heterocycles. The Labute approximate surface area is 196 Å².